The van der Waals surface area contributed by atoms with Crippen molar-refractivity contribution in [3.8, 4) is 0 Å². The Morgan fingerprint density at radius 2 is 2.29 bits per heavy atom. The van der Waals surface area contributed by atoms with E-state index in [1.165, 1.54) is 23.4 Å². The average Bonchev–Trinajstić information content (AvgIpc) is 2.62. The second-order valence-corrected chi connectivity index (χ2v) is 4.60. The predicted molar refractivity (Wildman–Crippen MR) is 62.7 cm³/mol. The Morgan fingerprint density at radius 1 is 1.50 bits per heavy atom. The summed E-state index contributed by atoms with van der Waals surface area (Å²) in [5.74, 6) is 0. The minimum atomic E-state index is 0.603. The van der Waals surface area contributed by atoms with Crippen LogP contribution in [-0.2, 0) is 13.0 Å². The summed E-state index contributed by atoms with van der Waals surface area (Å²) in [6.07, 6.45) is 3.48. The van der Waals surface area contributed by atoms with Crippen molar-refractivity contribution in [1.29, 1.82) is 0 Å². The van der Waals surface area contributed by atoms with E-state index >= 15 is 0 Å². The largest absolute Gasteiger partial charge is 0.309 e. The van der Waals surface area contributed by atoms with E-state index < -0.39 is 0 Å². The number of aryl methyl sites for hydroxylation is 1. The summed E-state index contributed by atoms with van der Waals surface area (Å²) in [4.78, 5) is 5.80. The molecule has 80 valence electrons. The summed E-state index contributed by atoms with van der Waals surface area (Å²) in [5.41, 5.74) is 3.24. The van der Waals surface area contributed by atoms with E-state index in [-0.39, 0.29) is 0 Å². The lowest BCUT2D eigenvalue weighted by molar-refractivity contribution is 0.535. The van der Waals surface area contributed by atoms with Crippen LogP contribution in [0.4, 0.5) is 0 Å². The number of aromatic nitrogens is 1. The Labute approximate surface area is 90.8 Å². The van der Waals surface area contributed by atoms with Gasteiger partial charge in [-0.05, 0) is 19.8 Å². The SMILES string of the molecule is CCCc1ncsc1CNC(C)CC. The first-order valence-electron chi connectivity index (χ1n) is 5.42. The van der Waals surface area contributed by atoms with Gasteiger partial charge in [0.25, 0.3) is 0 Å². The van der Waals surface area contributed by atoms with Crippen LogP contribution in [0.3, 0.4) is 0 Å². The molecule has 14 heavy (non-hydrogen) atoms. The van der Waals surface area contributed by atoms with E-state index in [9.17, 15) is 0 Å². The van der Waals surface area contributed by atoms with Crippen LogP contribution in [0.15, 0.2) is 5.51 Å². The summed E-state index contributed by atoms with van der Waals surface area (Å²) in [7, 11) is 0. The molecule has 0 bridgehead atoms. The van der Waals surface area contributed by atoms with Crippen molar-refractivity contribution in [1.82, 2.24) is 10.3 Å². The first kappa shape index (κ1) is 11.7. The van der Waals surface area contributed by atoms with Gasteiger partial charge in [-0.3, -0.25) is 0 Å². The van der Waals surface area contributed by atoms with Crippen LogP contribution in [0.1, 0.15) is 44.2 Å². The Bertz CT molecular complexity index is 258. The zero-order valence-electron chi connectivity index (χ0n) is 9.34. The van der Waals surface area contributed by atoms with Crippen LogP contribution >= 0.6 is 11.3 Å². The number of nitrogens with one attached hydrogen (secondary N) is 1. The van der Waals surface area contributed by atoms with Gasteiger partial charge in [0, 0.05) is 17.5 Å². The maximum atomic E-state index is 4.39. The molecule has 0 spiro atoms. The van der Waals surface area contributed by atoms with Gasteiger partial charge < -0.3 is 5.32 Å². The average molecular weight is 212 g/mol. The lowest BCUT2D eigenvalue weighted by Crippen LogP contribution is -2.24. The summed E-state index contributed by atoms with van der Waals surface area (Å²) < 4.78 is 0. The molecular formula is C11H20N2S. The van der Waals surface area contributed by atoms with Gasteiger partial charge in [0.1, 0.15) is 0 Å². The fourth-order valence-electron chi connectivity index (χ4n) is 1.29. The molecule has 1 N–H and O–H groups in total. The molecule has 0 aliphatic heterocycles. The number of thiazole rings is 1. The van der Waals surface area contributed by atoms with Crippen molar-refractivity contribution in [2.45, 2.75) is 52.6 Å². The minimum absolute atomic E-state index is 0.603. The first-order valence-corrected chi connectivity index (χ1v) is 6.30. The molecule has 0 aromatic carbocycles. The Balaban J connectivity index is 2.45. The van der Waals surface area contributed by atoms with Crippen molar-refractivity contribution >= 4 is 11.3 Å². The number of hydrogen-bond donors (Lipinski definition) is 1. The molecule has 0 saturated carbocycles. The first-order chi connectivity index (χ1) is 6.77. The van der Waals surface area contributed by atoms with Gasteiger partial charge in [0.05, 0.1) is 11.2 Å². The standard InChI is InChI=1S/C11H20N2S/c1-4-6-10-11(14-8-13-10)7-12-9(3)5-2/h8-9,12H,4-7H2,1-3H3. The van der Waals surface area contributed by atoms with Crippen molar-refractivity contribution in [2.75, 3.05) is 0 Å². The molecule has 0 aliphatic rings. The van der Waals surface area contributed by atoms with Crippen LogP contribution in [0.5, 0.6) is 0 Å². The van der Waals surface area contributed by atoms with Gasteiger partial charge in [-0.25, -0.2) is 4.98 Å². The summed E-state index contributed by atoms with van der Waals surface area (Å²) in [6.45, 7) is 7.61. The Kier molecular flexibility index (Phi) is 5.12. The molecule has 1 aromatic heterocycles. The molecule has 1 rings (SSSR count). The van der Waals surface area contributed by atoms with E-state index in [1.807, 2.05) is 5.51 Å². The maximum Gasteiger partial charge on any atom is 0.0798 e. The summed E-state index contributed by atoms with van der Waals surface area (Å²) in [5, 5.41) is 3.50. The highest BCUT2D eigenvalue weighted by Gasteiger charge is 2.05. The van der Waals surface area contributed by atoms with Crippen LogP contribution in [0.2, 0.25) is 0 Å². The van der Waals surface area contributed by atoms with Gasteiger partial charge in [-0.1, -0.05) is 20.3 Å². The maximum absolute atomic E-state index is 4.39. The minimum Gasteiger partial charge on any atom is -0.309 e. The predicted octanol–water partition coefficient (Wildman–Crippen LogP) is 2.98. The highest BCUT2D eigenvalue weighted by atomic mass is 32.1. The van der Waals surface area contributed by atoms with Crippen LogP contribution < -0.4 is 5.32 Å². The molecule has 1 unspecified atom stereocenters. The third-order valence-electron chi connectivity index (χ3n) is 2.44. The van der Waals surface area contributed by atoms with Crippen molar-refractivity contribution in [3.63, 3.8) is 0 Å². The molecule has 1 atom stereocenters. The van der Waals surface area contributed by atoms with Crippen molar-refractivity contribution in [3.05, 3.63) is 16.1 Å². The number of hydrogen-bond acceptors (Lipinski definition) is 3. The molecule has 1 heterocycles. The van der Waals surface area contributed by atoms with Crippen LogP contribution in [-0.4, -0.2) is 11.0 Å². The summed E-state index contributed by atoms with van der Waals surface area (Å²) >= 11 is 1.77. The molecule has 1 aromatic rings. The smallest absolute Gasteiger partial charge is 0.0798 e. The molecule has 0 aliphatic carbocycles. The third-order valence-corrected chi connectivity index (χ3v) is 3.31. The zero-order chi connectivity index (χ0) is 10.4. The molecular weight excluding hydrogens is 192 g/mol. The highest BCUT2D eigenvalue weighted by Crippen LogP contribution is 2.14. The fourth-order valence-corrected chi connectivity index (χ4v) is 2.05. The van der Waals surface area contributed by atoms with Crippen LogP contribution in [0.25, 0.3) is 0 Å². The van der Waals surface area contributed by atoms with E-state index in [2.05, 4.69) is 31.1 Å². The zero-order valence-corrected chi connectivity index (χ0v) is 10.2. The number of rotatable bonds is 6. The quantitative estimate of drug-likeness (QED) is 0.784. The van der Waals surface area contributed by atoms with E-state index in [0.717, 1.165) is 13.0 Å². The van der Waals surface area contributed by atoms with Gasteiger partial charge in [0.2, 0.25) is 0 Å². The Morgan fingerprint density at radius 3 is 2.93 bits per heavy atom. The van der Waals surface area contributed by atoms with Gasteiger partial charge in [-0.2, -0.15) is 0 Å². The van der Waals surface area contributed by atoms with Gasteiger partial charge in [-0.15, -0.1) is 11.3 Å². The molecule has 0 radical (unpaired) electrons. The second-order valence-electron chi connectivity index (χ2n) is 3.66. The highest BCUT2D eigenvalue weighted by molar-refractivity contribution is 7.09. The second kappa shape index (κ2) is 6.14. The third kappa shape index (κ3) is 3.39. The van der Waals surface area contributed by atoms with Crippen LogP contribution in [0, 0.1) is 0 Å². The topological polar surface area (TPSA) is 24.9 Å². The van der Waals surface area contributed by atoms with E-state index in [1.54, 1.807) is 11.3 Å². The van der Waals surface area contributed by atoms with Gasteiger partial charge >= 0.3 is 0 Å². The van der Waals surface area contributed by atoms with Gasteiger partial charge in [0.15, 0.2) is 0 Å². The fraction of sp³-hybridized carbons (Fsp3) is 0.727. The molecule has 0 fully saturated rings. The molecule has 0 amide bonds. The molecule has 3 heteroatoms. The Hall–Kier alpha value is -0.410. The monoisotopic (exact) mass is 212 g/mol. The lowest BCUT2D eigenvalue weighted by atomic mass is 10.2. The lowest BCUT2D eigenvalue weighted by Gasteiger charge is -2.10. The normalized spacial score (nSPS) is 13.1. The summed E-state index contributed by atoms with van der Waals surface area (Å²) in [6, 6.07) is 0.603. The molecule has 2 nitrogen and oxygen atoms in total. The number of nitrogens with zero attached hydrogens (tertiary/aromatic N) is 1. The van der Waals surface area contributed by atoms with E-state index in [4.69, 9.17) is 0 Å². The molecule has 0 saturated heterocycles. The van der Waals surface area contributed by atoms with Crippen molar-refractivity contribution < 1.29 is 0 Å². The van der Waals surface area contributed by atoms with E-state index in [0.29, 0.717) is 6.04 Å². The van der Waals surface area contributed by atoms with Crippen molar-refractivity contribution in [2.24, 2.45) is 0 Å².